The highest BCUT2D eigenvalue weighted by atomic mass is 16.1. The summed E-state index contributed by atoms with van der Waals surface area (Å²) in [6, 6.07) is 0. The van der Waals surface area contributed by atoms with Crippen LogP contribution in [0.15, 0.2) is 72.4 Å². The first-order valence-electron chi connectivity index (χ1n) is 18.4. The third-order valence-corrected chi connectivity index (χ3v) is 11.5. The van der Waals surface area contributed by atoms with Gasteiger partial charge in [0.2, 0.25) is 0 Å². The van der Waals surface area contributed by atoms with E-state index in [0.29, 0.717) is 42.5 Å². The number of carbonyl (C=O) groups is 3. The molecule has 6 aliphatic rings. The molecular formula is C42H60O3. The second-order valence-electron chi connectivity index (χ2n) is 14.5. The van der Waals surface area contributed by atoms with E-state index in [2.05, 4.69) is 31.9 Å². The minimum atomic E-state index is 0.335. The van der Waals surface area contributed by atoms with Crippen LogP contribution in [0.3, 0.4) is 0 Å². The van der Waals surface area contributed by atoms with Gasteiger partial charge in [-0.15, -0.1) is 19.7 Å². The molecule has 0 saturated heterocycles. The van der Waals surface area contributed by atoms with Crippen LogP contribution in [0.2, 0.25) is 0 Å². The summed E-state index contributed by atoms with van der Waals surface area (Å²) < 4.78 is 0. The highest BCUT2D eigenvalue weighted by Gasteiger charge is 2.32. The highest BCUT2D eigenvalue weighted by molar-refractivity contribution is 5.96. The van der Waals surface area contributed by atoms with Crippen LogP contribution in [0.25, 0.3) is 0 Å². The largest absolute Gasteiger partial charge is 0.299 e. The first-order chi connectivity index (χ1) is 21.9. The summed E-state index contributed by atoms with van der Waals surface area (Å²) >= 11 is 0. The molecule has 5 unspecified atom stereocenters. The van der Waals surface area contributed by atoms with E-state index in [-0.39, 0.29) is 0 Å². The van der Waals surface area contributed by atoms with E-state index in [9.17, 15) is 14.4 Å². The number of carbonyl (C=O) groups excluding carboxylic acids is 3. The molecule has 45 heavy (non-hydrogen) atoms. The van der Waals surface area contributed by atoms with Gasteiger partial charge in [0.1, 0.15) is 5.78 Å². The number of Topliss-reactive ketones (excluding diaryl/α,β-unsaturated/α-hetero) is 3. The Kier molecular flexibility index (Phi) is 14.6. The van der Waals surface area contributed by atoms with Gasteiger partial charge in [-0.05, 0) is 144 Å². The molecule has 3 heteroatoms. The van der Waals surface area contributed by atoms with Gasteiger partial charge in [0.05, 0.1) is 0 Å². The number of hydrogen-bond acceptors (Lipinski definition) is 3. The minimum absolute atomic E-state index is 0.335. The molecule has 2 fully saturated rings. The van der Waals surface area contributed by atoms with Crippen LogP contribution in [-0.4, -0.2) is 17.3 Å². The average molecular weight is 613 g/mol. The van der Waals surface area contributed by atoms with Crippen molar-refractivity contribution in [2.75, 3.05) is 0 Å². The minimum Gasteiger partial charge on any atom is -0.299 e. The van der Waals surface area contributed by atoms with Crippen molar-refractivity contribution in [1.29, 1.82) is 0 Å². The van der Waals surface area contributed by atoms with Gasteiger partial charge in [-0.25, -0.2) is 0 Å². The summed E-state index contributed by atoms with van der Waals surface area (Å²) in [5, 5.41) is 0. The Bertz CT molecular complexity index is 1160. The lowest BCUT2D eigenvalue weighted by molar-refractivity contribution is -0.123. The van der Waals surface area contributed by atoms with Crippen LogP contribution < -0.4 is 0 Å². The fourth-order valence-corrected chi connectivity index (χ4v) is 8.81. The zero-order valence-electron chi connectivity index (χ0n) is 28.2. The Morgan fingerprint density at radius 1 is 0.622 bits per heavy atom. The smallest absolute Gasteiger partial charge is 0.158 e. The predicted molar refractivity (Wildman–Crippen MR) is 188 cm³/mol. The Morgan fingerprint density at radius 3 is 2.02 bits per heavy atom. The predicted octanol–water partition coefficient (Wildman–Crippen LogP) is 11.1. The molecule has 2 saturated carbocycles. The molecule has 6 rings (SSSR count). The monoisotopic (exact) mass is 612 g/mol. The maximum absolute atomic E-state index is 11.9. The molecule has 0 aliphatic heterocycles. The lowest BCUT2D eigenvalue weighted by Gasteiger charge is -2.24. The molecule has 0 amide bonds. The third-order valence-electron chi connectivity index (χ3n) is 11.5. The van der Waals surface area contributed by atoms with Crippen molar-refractivity contribution < 1.29 is 14.4 Å². The molecule has 0 N–H and O–H groups in total. The van der Waals surface area contributed by atoms with Crippen molar-refractivity contribution in [3.63, 3.8) is 0 Å². The van der Waals surface area contributed by atoms with Crippen LogP contribution in [0.4, 0.5) is 0 Å². The number of fused-ring (bicyclic) bond motifs is 2. The first kappa shape index (κ1) is 35.3. The first-order valence-corrected chi connectivity index (χ1v) is 18.4. The fraction of sp³-hybridized carbons (Fsp3) is 0.643. The normalized spacial score (nSPS) is 28.0. The summed E-state index contributed by atoms with van der Waals surface area (Å²) in [7, 11) is 0. The van der Waals surface area contributed by atoms with Gasteiger partial charge in [0.25, 0.3) is 0 Å². The van der Waals surface area contributed by atoms with Gasteiger partial charge in [-0.3, -0.25) is 14.4 Å². The Labute approximate surface area is 274 Å². The Morgan fingerprint density at radius 2 is 1.27 bits per heavy atom. The van der Waals surface area contributed by atoms with E-state index in [1.54, 1.807) is 11.1 Å². The molecule has 0 aromatic rings. The number of ketones is 3. The summed E-state index contributed by atoms with van der Waals surface area (Å²) in [5.41, 5.74) is 5.53. The molecule has 0 aromatic carbocycles. The molecule has 3 nitrogen and oxygen atoms in total. The molecule has 0 heterocycles. The zero-order chi connectivity index (χ0) is 32.0. The second-order valence-corrected chi connectivity index (χ2v) is 14.5. The summed E-state index contributed by atoms with van der Waals surface area (Å²) in [4.78, 5) is 35.5. The van der Waals surface area contributed by atoms with Crippen LogP contribution in [-0.2, 0) is 14.4 Å². The maximum atomic E-state index is 11.9. The third kappa shape index (κ3) is 10.5. The van der Waals surface area contributed by atoms with E-state index in [1.165, 1.54) is 70.6 Å². The lowest BCUT2D eigenvalue weighted by Crippen LogP contribution is -2.18. The topological polar surface area (TPSA) is 51.2 Å². The zero-order valence-corrected chi connectivity index (χ0v) is 28.2. The van der Waals surface area contributed by atoms with Crippen molar-refractivity contribution in [3.8, 4) is 0 Å². The van der Waals surface area contributed by atoms with Gasteiger partial charge < -0.3 is 0 Å². The summed E-state index contributed by atoms with van der Waals surface area (Å²) in [6.45, 7) is 11.0. The summed E-state index contributed by atoms with van der Waals surface area (Å²) in [5.74, 6) is 4.84. The second kappa shape index (κ2) is 18.6. The SMILES string of the molecule is C=CCCC(=O)C1=CC2CCCC2CC1.C=CCCC(=O)C1=CCC2CCCC2C1.C=CCCC(=O)C1CCC2=C(CCC2)C1. The Balaban J connectivity index is 0.000000154. The molecule has 6 aliphatic carbocycles. The van der Waals surface area contributed by atoms with Gasteiger partial charge in [-0.1, -0.05) is 54.4 Å². The van der Waals surface area contributed by atoms with E-state index in [1.807, 2.05) is 18.2 Å². The number of rotatable bonds is 12. The Hall–Kier alpha value is -2.55. The van der Waals surface area contributed by atoms with Crippen LogP contribution in [0, 0.1) is 29.6 Å². The molecular weight excluding hydrogens is 552 g/mol. The van der Waals surface area contributed by atoms with Crippen molar-refractivity contribution >= 4 is 17.3 Å². The van der Waals surface area contributed by atoms with Gasteiger partial charge in [0, 0.05) is 25.2 Å². The highest BCUT2D eigenvalue weighted by Crippen LogP contribution is 2.43. The number of allylic oxidation sites excluding steroid dienone is 9. The van der Waals surface area contributed by atoms with Crippen LogP contribution in [0.5, 0.6) is 0 Å². The molecule has 0 spiro atoms. The van der Waals surface area contributed by atoms with Gasteiger partial charge in [0.15, 0.2) is 11.6 Å². The maximum Gasteiger partial charge on any atom is 0.158 e. The molecule has 0 radical (unpaired) electrons. The molecule has 0 aromatic heterocycles. The van der Waals surface area contributed by atoms with Crippen molar-refractivity contribution in [1.82, 2.24) is 0 Å². The molecule has 0 bridgehead atoms. The standard InChI is InChI=1S/3C14H20O/c3*1-2-3-7-14(15)13-9-8-11-5-4-6-12(11)10-13/h2,13H,1,3-10H2;2,10-12H,1,3-9H2;2,9,11-12H,1,3-8,10H2. The lowest BCUT2D eigenvalue weighted by atomic mass is 9.80. The molecule has 5 atom stereocenters. The van der Waals surface area contributed by atoms with Crippen LogP contribution >= 0.6 is 0 Å². The molecule has 246 valence electrons. The summed E-state index contributed by atoms with van der Waals surface area (Å²) in [6.07, 6.45) is 34.4. The van der Waals surface area contributed by atoms with E-state index in [0.717, 1.165) is 86.2 Å². The van der Waals surface area contributed by atoms with Gasteiger partial charge in [-0.2, -0.15) is 0 Å². The van der Waals surface area contributed by atoms with Crippen molar-refractivity contribution in [2.45, 2.75) is 141 Å². The van der Waals surface area contributed by atoms with E-state index < -0.39 is 0 Å². The fourth-order valence-electron chi connectivity index (χ4n) is 8.81. The average Bonchev–Trinajstić information content (AvgIpc) is 3.85. The van der Waals surface area contributed by atoms with Gasteiger partial charge >= 0.3 is 0 Å². The van der Waals surface area contributed by atoms with E-state index >= 15 is 0 Å². The number of hydrogen-bond donors (Lipinski definition) is 0. The van der Waals surface area contributed by atoms with E-state index in [4.69, 9.17) is 0 Å². The van der Waals surface area contributed by atoms with Crippen molar-refractivity contribution in [3.05, 3.63) is 72.4 Å². The quantitative estimate of drug-likeness (QED) is 0.206. The van der Waals surface area contributed by atoms with Crippen molar-refractivity contribution in [2.24, 2.45) is 29.6 Å². The van der Waals surface area contributed by atoms with Crippen LogP contribution in [0.1, 0.15) is 141 Å².